The Bertz CT molecular complexity index is 1400. The number of sulfonamides is 1. The minimum Gasteiger partial charge on any atom is -0.475 e. The third-order valence-corrected chi connectivity index (χ3v) is 7.07. The number of benzene rings is 2. The Morgan fingerprint density at radius 3 is 2.30 bits per heavy atom. The van der Waals surface area contributed by atoms with Crippen molar-refractivity contribution in [3.8, 4) is 0 Å². The number of fused-ring (bicyclic) bond motifs is 1. The van der Waals surface area contributed by atoms with E-state index in [9.17, 15) is 21.6 Å². The molecule has 0 radical (unpaired) electrons. The van der Waals surface area contributed by atoms with Crippen LogP contribution in [0, 0.1) is 0 Å². The quantitative estimate of drug-likeness (QED) is 0.407. The predicted octanol–water partition coefficient (Wildman–Crippen LogP) is 4.84. The smallest absolute Gasteiger partial charge is 0.475 e. The lowest BCUT2D eigenvalue weighted by Crippen LogP contribution is -2.25. The van der Waals surface area contributed by atoms with Crippen LogP contribution in [0.25, 0.3) is 0 Å². The Morgan fingerprint density at radius 1 is 1.11 bits per heavy atom. The fourth-order valence-electron chi connectivity index (χ4n) is 3.61. The Morgan fingerprint density at radius 2 is 1.73 bits per heavy atom. The average molecular weight is 558 g/mol. The van der Waals surface area contributed by atoms with Gasteiger partial charge in [0.05, 0.1) is 4.90 Å². The van der Waals surface area contributed by atoms with Gasteiger partial charge in [-0.1, -0.05) is 31.5 Å². The lowest BCUT2D eigenvalue weighted by molar-refractivity contribution is -0.192. The van der Waals surface area contributed by atoms with Crippen LogP contribution in [-0.4, -0.2) is 49.2 Å². The van der Waals surface area contributed by atoms with Crippen molar-refractivity contribution in [3.05, 3.63) is 65.4 Å². The van der Waals surface area contributed by atoms with Crippen LogP contribution in [0.4, 0.5) is 36.2 Å². The standard InChI is InChI=1S/C21H22ClN5O2S.C2HF3O2/c1-21(2)12-27(18-10-16(8-9-17(18)21)30(28,29)23-3)20-11-19(24-13-25-20)26-15-6-4-14(22)5-7-15;3-2(4,5)1(6)7/h4-11,13,23H,12H2,1-3H3,(H,24,25,26);(H,6,7). The fraction of sp³-hybridized carbons (Fsp3) is 0.261. The number of halogens is 4. The number of carboxylic acid groups (broad SMARTS) is 1. The molecule has 0 bridgehead atoms. The summed E-state index contributed by atoms with van der Waals surface area (Å²) < 4.78 is 58.7. The molecule has 2 aromatic carbocycles. The van der Waals surface area contributed by atoms with Crippen molar-refractivity contribution < 1.29 is 31.5 Å². The summed E-state index contributed by atoms with van der Waals surface area (Å²) in [6, 6.07) is 14.4. The largest absolute Gasteiger partial charge is 0.490 e. The highest BCUT2D eigenvalue weighted by atomic mass is 35.5. The highest BCUT2D eigenvalue weighted by Crippen LogP contribution is 2.44. The molecule has 0 fully saturated rings. The molecule has 3 N–H and O–H groups in total. The van der Waals surface area contributed by atoms with Gasteiger partial charge in [-0.2, -0.15) is 13.2 Å². The van der Waals surface area contributed by atoms with Gasteiger partial charge in [0.2, 0.25) is 10.0 Å². The maximum atomic E-state index is 12.3. The van der Waals surface area contributed by atoms with E-state index in [0.29, 0.717) is 23.2 Å². The molecule has 1 aliphatic rings. The molecule has 0 atom stereocenters. The SMILES string of the molecule is CNS(=O)(=O)c1ccc2c(c1)N(c1cc(Nc3ccc(Cl)cc3)ncn1)CC2(C)C.O=C(O)C(F)(F)F. The Labute approximate surface area is 216 Å². The van der Waals surface area contributed by atoms with Gasteiger partial charge in [-0.15, -0.1) is 0 Å². The number of hydrogen-bond acceptors (Lipinski definition) is 7. The monoisotopic (exact) mass is 557 g/mol. The maximum absolute atomic E-state index is 12.3. The number of aliphatic carboxylic acids is 1. The van der Waals surface area contributed by atoms with Gasteiger partial charge in [0.1, 0.15) is 18.0 Å². The van der Waals surface area contributed by atoms with Gasteiger partial charge in [0.25, 0.3) is 0 Å². The highest BCUT2D eigenvalue weighted by Gasteiger charge is 2.38. The summed E-state index contributed by atoms with van der Waals surface area (Å²) >= 11 is 5.95. The zero-order valence-electron chi connectivity index (χ0n) is 19.8. The van der Waals surface area contributed by atoms with E-state index >= 15 is 0 Å². The molecule has 2 heterocycles. The van der Waals surface area contributed by atoms with Gasteiger partial charge < -0.3 is 15.3 Å². The zero-order valence-corrected chi connectivity index (χ0v) is 21.4. The van der Waals surface area contributed by atoms with Crippen molar-refractivity contribution >= 4 is 50.6 Å². The summed E-state index contributed by atoms with van der Waals surface area (Å²) in [5.74, 6) is -1.44. The van der Waals surface area contributed by atoms with Crippen molar-refractivity contribution in [1.29, 1.82) is 0 Å². The molecule has 0 saturated heterocycles. The molecule has 14 heteroatoms. The molecule has 0 unspecified atom stereocenters. The van der Waals surface area contributed by atoms with Crippen LogP contribution in [0.5, 0.6) is 0 Å². The van der Waals surface area contributed by atoms with E-state index in [2.05, 4.69) is 33.9 Å². The maximum Gasteiger partial charge on any atom is 0.490 e. The third kappa shape index (κ3) is 6.67. The van der Waals surface area contributed by atoms with Crippen LogP contribution in [0.3, 0.4) is 0 Å². The first-order valence-corrected chi connectivity index (χ1v) is 12.5. The van der Waals surface area contributed by atoms with Crippen LogP contribution in [-0.2, 0) is 20.2 Å². The minimum absolute atomic E-state index is 0.161. The topological polar surface area (TPSA) is 125 Å². The second kappa shape index (κ2) is 10.5. The summed E-state index contributed by atoms with van der Waals surface area (Å²) in [6.07, 6.45) is -3.59. The second-order valence-corrected chi connectivity index (χ2v) is 10.9. The Balaban J connectivity index is 0.000000479. The first-order valence-electron chi connectivity index (χ1n) is 10.6. The number of anilines is 4. The molecule has 4 rings (SSSR count). The third-order valence-electron chi connectivity index (χ3n) is 5.41. The molecule has 9 nitrogen and oxygen atoms in total. The first kappa shape index (κ1) is 28.2. The molecular formula is C23H23ClF3N5O4S. The van der Waals surface area contributed by atoms with E-state index in [0.717, 1.165) is 16.9 Å². The number of aromatic nitrogens is 2. The van der Waals surface area contributed by atoms with Crippen molar-refractivity contribution in [2.45, 2.75) is 30.3 Å². The molecular weight excluding hydrogens is 535 g/mol. The molecule has 0 saturated carbocycles. The average Bonchev–Trinajstić information content (AvgIpc) is 3.11. The highest BCUT2D eigenvalue weighted by molar-refractivity contribution is 7.89. The fourth-order valence-corrected chi connectivity index (χ4v) is 4.48. The number of rotatable bonds is 5. The zero-order chi connectivity index (χ0) is 27.6. The van der Waals surface area contributed by atoms with Gasteiger partial charge in [-0.3, -0.25) is 0 Å². The lowest BCUT2D eigenvalue weighted by atomic mass is 9.87. The van der Waals surface area contributed by atoms with Crippen molar-refractivity contribution in [2.75, 3.05) is 23.8 Å². The molecule has 0 aliphatic carbocycles. The number of hydrogen-bond donors (Lipinski definition) is 3. The van der Waals surface area contributed by atoms with Crippen molar-refractivity contribution in [1.82, 2.24) is 14.7 Å². The van der Waals surface area contributed by atoms with E-state index in [-0.39, 0.29) is 10.3 Å². The Kier molecular flexibility index (Phi) is 8.00. The molecule has 0 spiro atoms. The van der Waals surface area contributed by atoms with Crippen LogP contribution in [0.15, 0.2) is 59.8 Å². The summed E-state index contributed by atoms with van der Waals surface area (Å²) in [6.45, 7) is 4.93. The van der Waals surface area contributed by atoms with E-state index in [1.54, 1.807) is 24.3 Å². The predicted molar refractivity (Wildman–Crippen MR) is 133 cm³/mol. The molecule has 1 aromatic heterocycles. The molecule has 198 valence electrons. The van der Waals surface area contributed by atoms with Crippen molar-refractivity contribution in [3.63, 3.8) is 0 Å². The van der Waals surface area contributed by atoms with Crippen molar-refractivity contribution in [2.24, 2.45) is 0 Å². The Hall–Kier alpha value is -3.42. The van der Waals surface area contributed by atoms with Gasteiger partial charge >= 0.3 is 12.1 Å². The van der Waals surface area contributed by atoms with Crippen LogP contribution in [0.2, 0.25) is 5.02 Å². The normalized spacial score (nSPS) is 14.4. The van der Waals surface area contributed by atoms with Crippen LogP contribution >= 0.6 is 11.6 Å². The van der Waals surface area contributed by atoms with Gasteiger partial charge in [-0.05, 0) is 49.0 Å². The van der Waals surface area contributed by atoms with E-state index in [1.807, 2.05) is 29.2 Å². The van der Waals surface area contributed by atoms with E-state index in [4.69, 9.17) is 21.5 Å². The van der Waals surface area contributed by atoms with Gasteiger partial charge in [0.15, 0.2) is 0 Å². The number of carboxylic acids is 1. The summed E-state index contributed by atoms with van der Waals surface area (Å²) in [5, 5.41) is 11.0. The van der Waals surface area contributed by atoms with Gasteiger partial charge in [0, 0.05) is 34.4 Å². The summed E-state index contributed by atoms with van der Waals surface area (Å²) in [5.41, 5.74) is 2.59. The molecule has 1 aliphatic heterocycles. The van der Waals surface area contributed by atoms with Crippen LogP contribution < -0.4 is 14.9 Å². The van der Waals surface area contributed by atoms with Gasteiger partial charge in [-0.25, -0.2) is 27.9 Å². The summed E-state index contributed by atoms with van der Waals surface area (Å²) in [4.78, 5) is 19.9. The minimum atomic E-state index is -5.08. The molecule has 37 heavy (non-hydrogen) atoms. The molecule has 0 amide bonds. The number of nitrogens with zero attached hydrogens (tertiary/aromatic N) is 3. The number of nitrogens with one attached hydrogen (secondary N) is 2. The lowest BCUT2D eigenvalue weighted by Gasteiger charge is -2.22. The second-order valence-electron chi connectivity index (χ2n) is 8.55. The van der Waals surface area contributed by atoms with Crippen LogP contribution in [0.1, 0.15) is 19.4 Å². The molecule has 3 aromatic rings. The summed E-state index contributed by atoms with van der Waals surface area (Å²) in [7, 11) is -2.14. The first-order chi connectivity index (χ1) is 17.1. The van der Waals surface area contributed by atoms with E-state index < -0.39 is 22.2 Å². The van der Waals surface area contributed by atoms with E-state index in [1.165, 1.54) is 13.4 Å². The number of alkyl halides is 3. The number of carbonyl (C=O) groups is 1.